The number of carbonyl (C=O) groups is 1. The molecule has 33 heavy (non-hydrogen) atoms. The van der Waals surface area contributed by atoms with Gasteiger partial charge in [0.2, 0.25) is 0 Å². The third-order valence-corrected chi connectivity index (χ3v) is 5.26. The van der Waals surface area contributed by atoms with Gasteiger partial charge in [0.05, 0.1) is 24.0 Å². The van der Waals surface area contributed by atoms with E-state index in [-0.39, 0.29) is 17.4 Å². The second-order valence-corrected chi connectivity index (χ2v) is 7.39. The normalized spacial score (nSPS) is 11.7. The zero-order chi connectivity index (χ0) is 23.4. The van der Waals surface area contributed by atoms with Crippen molar-refractivity contribution in [3.8, 4) is 22.8 Å². The number of hydrogen-bond donors (Lipinski definition) is 1. The Morgan fingerprint density at radius 1 is 0.970 bits per heavy atom. The summed E-state index contributed by atoms with van der Waals surface area (Å²) >= 11 is 0. The third-order valence-electron chi connectivity index (χ3n) is 5.26. The highest BCUT2D eigenvalue weighted by atomic mass is 19.1. The summed E-state index contributed by atoms with van der Waals surface area (Å²) in [6, 6.07) is 20.6. The molecule has 3 aromatic carbocycles. The number of hydrogen-bond acceptors (Lipinski definition) is 6. The van der Waals surface area contributed by atoms with Crippen LogP contribution >= 0.6 is 0 Å². The molecule has 4 rings (SSSR count). The van der Waals surface area contributed by atoms with Crippen molar-refractivity contribution in [2.75, 3.05) is 7.11 Å². The monoisotopic (exact) mass is 443 g/mol. The van der Waals surface area contributed by atoms with Crippen LogP contribution in [0, 0.1) is 17.1 Å². The van der Waals surface area contributed by atoms with Crippen LogP contribution in [0.5, 0.6) is 11.5 Å². The van der Waals surface area contributed by atoms with Gasteiger partial charge in [-0.05, 0) is 61.0 Å². The molecule has 0 fully saturated rings. The van der Waals surface area contributed by atoms with E-state index in [1.807, 2.05) is 43.3 Å². The first-order valence-electron chi connectivity index (χ1n) is 10.5. The summed E-state index contributed by atoms with van der Waals surface area (Å²) in [5, 5.41) is 9.38. The molecule has 1 heterocycles. The molecule has 7 heteroatoms. The molecule has 0 saturated heterocycles. The summed E-state index contributed by atoms with van der Waals surface area (Å²) in [6.45, 7) is 1.82. The quantitative estimate of drug-likeness (QED) is 0.288. The van der Waals surface area contributed by atoms with Gasteiger partial charge in [-0.1, -0.05) is 25.1 Å². The number of fused-ring (bicyclic) bond motifs is 1. The van der Waals surface area contributed by atoms with Crippen LogP contribution in [0.25, 0.3) is 22.2 Å². The van der Waals surface area contributed by atoms with Gasteiger partial charge in [-0.15, -0.1) is 0 Å². The molecule has 1 N–H and O–H groups in total. The summed E-state index contributed by atoms with van der Waals surface area (Å²) in [7, 11) is 1.31. The first kappa shape index (κ1) is 22.1. The average molecular weight is 443 g/mol. The van der Waals surface area contributed by atoms with E-state index < -0.39 is 11.9 Å². The van der Waals surface area contributed by atoms with Crippen LogP contribution < -0.4 is 4.74 Å². The molecule has 0 spiro atoms. The van der Waals surface area contributed by atoms with Gasteiger partial charge in [-0.25, -0.2) is 14.4 Å². The maximum absolute atomic E-state index is 13.1. The highest BCUT2D eigenvalue weighted by molar-refractivity contribution is 6.09. The summed E-state index contributed by atoms with van der Waals surface area (Å²) in [6.07, 6.45) is 0.409. The van der Waals surface area contributed by atoms with E-state index in [1.165, 1.54) is 19.2 Å². The lowest BCUT2D eigenvalue weighted by atomic mass is 9.99. The molecule has 0 aliphatic heterocycles. The molecule has 0 radical (unpaired) electrons. The van der Waals surface area contributed by atoms with Gasteiger partial charge in [-0.3, -0.25) is 4.79 Å². The number of halogens is 1. The minimum atomic E-state index is -0.740. The zero-order valence-corrected chi connectivity index (χ0v) is 18.2. The molecular formula is C26H22FN3O3. The summed E-state index contributed by atoms with van der Waals surface area (Å²) in [5.74, 6) is -0.243. The molecule has 166 valence electrons. The fourth-order valence-electron chi connectivity index (χ4n) is 3.52. The second kappa shape index (κ2) is 9.56. The molecule has 0 aliphatic rings. The van der Waals surface area contributed by atoms with Crippen LogP contribution in [0.2, 0.25) is 0 Å². The van der Waals surface area contributed by atoms with Crippen molar-refractivity contribution in [3.63, 3.8) is 0 Å². The lowest BCUT2D eigenvalue weighted by Gasteiger charge is -2.15. The van der Waals surface area contributed by atoms with E-state index in [0.717, 1.165) is 10.9 Å². The van der Waals surface area contributed by atoms with Crippen LogP contribution in [0.15, 0.2) is 72.8 Å². The lowest BCUT2D eigenvalue weighted by Crippen LogP contribution is -2.26. The first-order valence-corrected chi connectivity index (χ1v) is 10.5. The van der Waals surface area contributed by atoms with Crippen LogP contribution in [0.3, 0.4) is 0 Å². The number of methoxy groups -OCH3 is 1. The average Bonchev–Trinajstić information content (AvgIpc) is 2.85. The van der Waals surface area contributed by atoms with Crippen LogP contribution in [-0.2, 0) is 9.53 Å². The van der Waals surface area contributed by atoms with Crippen molar-refractivity contribution in [2.45, 2.75) is 13.3 Å². The number of rotatable bonds is 7. The number of benzene rings is 3. The van der Waals surface area contributed by atoms with Gasteiger partial charge in [0, 0.05) is 10.9 Å². The van der Waals surface area contributed by atoms with Gasteiger partial charge in [0.15, 0.2) is 5.82 Å². The molecule has 1 atom stereocenters. The van der Waals surface area contributed by atoms with E-state index in [0.29, 0.717) is 29.1 Å². The number of para-hydroxylation sites is 1. The van der Waals surface area contributed by atoms with E-state index in [1.54, 1.807) is 24.3 Å². The Morgan fingerprint density at radius 2 is 1.61 bits per heavy atom. The van der Waals surface area contributed by atoms with Gasteiger partial charge in [0.25, 0.3) is 0 Å². The molecular weight excluding hydrogens is 421 g/mol. The number of carbonyl (C=O) groups excluding carboxylic acids is 1. The number of esters is 1. The van der Waals surface area contributed by atoms with Crippen LogP contribution in [-0.4, -0.2) is 28.8 Å². The number of nitrogens with zero attached hydrogens (tertiary/aromatic N) is 2. The Kier molecular flexibility index (Phi) is 6.40. The summed E-state index contributed by atoms with van der Waals surface area (Å²) in [5.41, 5.74) is 2.15. The topological polar surface area (TPSA) is 85.2 Å². The van der Waals surface area contributed by atoms with E-state index in [2.05, 4.69) is 9.97 Å². The predicted molar refractivity (Wildman–Crippen MR) is 124 cm³/mol. The molecule has 4 aromatic rings. The Morgan fingerprint density at radius 3 is 2.24 bits per heavy atom. The van der Waals surface area contributed by atoms with Crippen molar-refractivity contribution in [3.05, 3.63) is 84.4 Å². The molecule has 0 unspecified atom stereocenters. The van der Waals surface area contributed by atoms with E-state index in [4.69, 9.17) is 14.9 Å². The van der Waals surface area contributed by atoms with Crippen molar-refractivity contribution < 1.29 is 18.7 Å². The molecule has 6 nitrogen and oxygen atoms in total. The Labute approximate surface area is 190 Å². The van der Waals surface area contributed by atoms with Crippen LogP contribution in [0.1, 0.15) is 19.2 Å². The smallest absolute Gasteiger partial charge is 0.314 e. The third kappa shape index (κ3) is 4.72. The maximum Gasteiger partial charge on any atom is 0.314 e. The van der Waals surface area contributed by atoms with Gasteiger partial charge in [-0.2, -0.15) is 0 Å². The standard InChI is InChI=1S/C26H22FN3O3/c1-3-20(26(31)32-2)23(28)25-29-22-7-5-4-6-21(22)24(30-25)16-8-12-18(13-9-16)33-19-14-10-17(27)11-15-19/h4-15,20,28H,3H2,1-2H3/t20-/m0/s1. The van der Waals surface area contributed by atoms with E-state index >= 15 is 0 Å². The maximum atomic E-state index is 13.1. The minimum Gasteiger partial charge on any atom is -0.469 e. The van der Waals surface area contributed by atoms with E-state index in [9.17, 15) is 9.18 Å². The summed E-state index contributed by atoms with van der Waals surface area (Å²) < 4.78 is 23.7. The van der Waals surface area contributed by atoms with Gasteiger partial charge in [0.1, 0.15) is 23.2 Å². The fraction of sp³-hybridized carbons (Fsp3) is 0.154. The van der Waals surface area contributed by atoms with Crippen molar-refractivity contribution >= 4 is 22.6 Å². The molecule has 0 aliphatic carbocycles. The molecule has 0 saturated carbocycles. The molecule has 0 bridgehead atoms. The minimum absolute atomic E-state index is 0.0209. The SMILES string of the molecule is CC[C@@H](C(=N)c1nc(-c2ccc(Oc3ccc(F)cc3)cc2)c2ccccc2n1)C(=O)OC. The fourth-order valence-corrected chi connectivity index (χ4v) is 3.52. The second-order valence-electron chi connectivity index (χ2n) is 7.39. The summed E-state index contributed by atoms with van der Waals surface area (Å²) in [4.78, 5) is 21.3. The zero-order valence-electron chi connectivity index (χ0n) is 18.2. The number of nitrogens with one attached hydrogen (secondary N) is 1. The number of aromatic nitrogens is 2. The predicted octanol–water partition coefficient (Wildman–Crippen LogP) is 5.80. The number of ether oxygens (including phenoxy) is 2. The van der Waals surface area contributed by atoms with Crippen molar-refractivity contribution in [2.24, 2.45) is 5.92 Å². The van der Waals surface area contributed by atoms with Crippen LogP contribution in [0.4, 0.5) is 4.39 Å². The van der Waals surface area contributed by atoms with Crippen molar-refractivity contribution in [1.82, 2.24) is 9.97 Å². The van der Waals surface area contributed by atoms with Gasteiger partial charge < -0.3 is 14.9 Å². The largest absolute Gasteiger partial charge is 0.469 e. The van der Waals surface area contributed by atoms with Gasteiger partial charge >= 0.3 is 5.97 Å². The Bertz CT molecular complexity index is 1300. The highest BCUT2D eigenvalue weighted by Crippen LogP contribution is 2.30. The highest BCUT2D eigenvalue weighted by Gasteiger charge is 2.26. The molecule has 0 amide bonds. The Balaban J connectivity index is 1.71. The molecule has 1 aromatic heterocycles. The van der Waals surface area contributed by atoms with Crippen molar-refractivity contribution in [1.29, 1.82) is 5.41 Å². The first-order chi connectivity index (χ1) is 16.0. The Hall–Kier alpha value is -4.13. The lowest BCUT2D eigenvalue weighted by molar-refractivity contribution is -0.143.